The number of ether oxygens (including phenoxy) is 1. The number of fused-ring (bicyclic) bond motifs is 1. The summed E-state index contributed by atoms with van der Waals surface area (Å²) < 4.78 is 6.70. The molecular weight excluding hydrogens is 280 g/mol. The van der Waals surface area contributed by atoms with Crippen LogP contribution in [0.4, 0.5) is 0 Å². The summed E-state index contributed by atoms with van der Waals surface area (Å²) in [7, 11) is 0. The van der Waals surface area contributed by atoms with Gasteiger partial charge in [-0.1, -0.05) is 11.6 Å². The van der Waals surface area contributed by atoms with Crippen molar-refractivity contribution in [1.29, 1.82) is 0 Å². The van der Waals surface area contributed by atoms with Crippen molar-refractivity contribution in [3.8, 4) is 11.4 Å². The highest BCUT2D eigenvalue weighted by Crippen LogP contribution is 2.22. The third-order valence-corrected chi connectivity index (χ3v) is 2.96. The van der Waals surface area contributed by atoms with E-state index in [9.17, 15) is 4.79 Å². The predicted molar refractivity (Wildman–Crippen MR) is 73.7 cm³/mol. The van der Waals surface area contributed by atoms with E-state index in [2.05, 4.69) is 15.0 Å². The Balaban J connectivity index is 2.12. The molecule has 6 nitrogen and oxygen atoms in total. The SMILES string of the molecule is CCOC(=O)c1cn2cccc(-c3ncc(Cl)[nH]3)c2n1. The number of aromatic nitrogens is 4. The van der Waals surface area contributed by atoms with E-state index >= 15 is 0 Å². The number of rotatable bonds is 3. The van der Waals surface area contributed by atoms with Crippen molar-refractivity contribution in [3.63, 3.8) is 0 Å². The topological polar surface area (TPSA) is 72.3 Å². The van der Waals surface area contributed by atoms with Crippen LogP contribution in [0.25, 0.3) is 17.0 Å². The van der Waals surface area contributed by atoms with Crippen LogP contribution in [-0.4, -0.2) is 31.9 Å². The Labute approximate surface area is 119 Å². The second kappa shape index (κ2) is 4.97. The van der Waals surface area contributed by atoms with Gasteiger partial charge in [0.2, 0.25) is 0 Å². The first-order valence-corrected chi connectivity index (χ1v) is 6.42. The molecule has 0 aromatic carbocycles. The van der Waals surface area contributed by atoms with Crippen molar-refractivity contribution < 1.29 is 9.53 Å². The largest absolute Gasteiger partial charge is 0.461 e. The number of imidazole rings is 2. The molecule has 0 unspecified atom stereocenters. The molecular formula is C13H11ClN4O2. The summed E-state index contributed by atoms with van der Waals surface area (Å²) in [5.74, 6) is 0.154. The molecule has 0 aliphatic heterocycles. The zero-order valence-corrected chi connectivity index (χ0v) is 11.4. The number of pyridine rings is 1. The fourth-order valence-corrected chi connectivity index (χ4v) is 2.08. The minimum absolute atomic E-state index is 0.261. The average Bonchev–Trinajstić information content (AvgIpc) is 3.04. The standard InChI is InChI=1S/C13H11ClN4O2/c1-2-20-13(19)9-7-18-5-3-4-8(12(18)16-9)11-15-6-10(14)17-11/h3-7H,2H2,1H3,(H,15,17). The fourth-order valence-electron chi connectivity index (χ4n) is 1.94. The van der Waals surface area contributed by atoms with Gasteiger partial charge in [0.25, 0.3) is 0 Å². The summed E-state index contributed by atoms with van der Waals surface area (Å²) in [6.45, 7) is 2.07. The van der Waals surface area contributed by atoms with Crippen LogP contribution in [0.3, 0.4) is 0 Å². The number of hydrogen-bond donors (Lipinski definition) is 1. The van der Waals surface area contributed by atoms with Crippen molar-refractivity contribution in [3.05, 3.63) is 41.6 Å². The lowest BCUT2D eigenvalue weighted by Crippen LogP contribution is -2.04. The lowest BCUT2D eigenvalue weighted by atomic mass is 10.2. The Morgan fingerprint density at radius 3 is 3.10 bits per heavy atom. The second-order valence-electron chi connectivity index (χ2n) is 4.08. The number of carbonyl (C=O) groups is 1. The summed E-state index contributed by atoms with van der Waals surface area (Å²) in [5, 5.41) is 0.444. The number of nitrogens with one attached hydrogen (secondary N) is 1. The fraction of sp³-hybridized carbons (Fsp3) is 0.154. The lowest BCUT2D eigenvalue weighted by molar-refractivity contribution is 0.0520. The van der Waals surface area contributed by atoms with Gasteiger partial charge in [-0.15, -0.1) is 0 Å². The molecule has 0 bridgehead atoms. The minimum Gasteiger partial charge on any atom is -0.461 e. The summed E-state index contributed by atoms with van der Waals surface area (Å²) >= 11 is 5.84. The van der Waals surface area contributed by atoms with Gasteiger partial charge in [-0.2, -0.15) is 0 Å². The maximum atomic E-state index is 11.7. The van der Waals surface area contributed by atoms with Gasteiger partial charge in [0.1, 0.15) is 16.6 Å². The van der Waals surface area contributed by atoms with Crippen molar-refractivity contribution in [1.82, 2.24) is 19.4 Å². The number of carbonyl (C=O) groups excluding carboxylic acids is 1. The summed E-state index contributed by atoms with van der Waals surface area (Å²) in [6.07, 6.45) is 4.95. The second-order valence-corrected chi connectivity index (χ2v) is 4.49. The van der Waals surface area contributed by atoms with Crippen LogP contribution in [0.15, 0.2) is 30.7 Å². The van der Waals surface area contributed by atoms with E-state index in [-0.39, 0.29) is 5.69 Å². The average molecular weight is 291 g/mol. The van der Waals surface area contributed by atoms with E-state index < -0.39 is 5.97 Å². The Bertz CT molecular complexity index is 778. The first kappa shape index (κ1) is 12.7. The van der Waals surface area contributed by atoms with E-state index in [1.807, 2.05) is 12.1 Å². The highest BCUT2D eigenvalue weighted by atomic mass is 35.5. The van der Waals surface area contributed by atoms with Crippen molar-refractivity contribution in [2.45, 2.75) is 6.92 Å². The molecule has 0 radical (unpaired) electrons. The smallest absolute Gasteiger partial charge is 0.358 e. The van der Waals surface area contributed by atoms with Gasteiger partial charge in [-0.25, -0.2) is 14.8 Å². The van der Waals surface area contributed by atoms with Gasteiger partial charge in [-0.3, -0.25) is 0 Å². The molecule has 102 valence electrons. The Kier molecular flexibility index (Phi) is 3.15. The first-order valence-electron chi connectivity index (χ1n) is 6.04. The van der Waals surface area contributed by atoms with Gasteiger partial charge in [0, 0.05) is 12.4 Å². The van der Waals surface area contributed by atoms with E-state index in [1.54, 1.807) is 23.7 Å². The zero-order valence-electron chi connectivity index (χ0n) is 10.6. The third kappa shape index (κ3) is 2.14. The van der Waals surface area contributed by atoms with Gasteiger partial charge in [-0.05, 0) is 19.1 Å². The molecule has 0 saturated heterocycles. The van der Waals surface area contributed by atoms with E-state index in [0.29, 0.717) is 23.2 Å². The van der Waals surface area contributed by atoms with Crippen LogP contribution >= 0.6 is 11.6 Å². The molecule has 0 aliphatic carbocycles. The van der Waals surface area contributed by atoms with Gasteiger partial charge in [0.15, 0.2) is 5.69 Å². The Hall–Kier alpha value is -2.34. The van der Waals surface area contributed by atoms with Gasteiger partial charge in [0.05, 0.1) is 18.4 Å². The molecule has 0 atom stereocenters. The Morgan fingerprint density at radius 1 is 1.55 bits per heavy atom. The number of hydrogen-bond acceptors (Lipinski definition) is 4. The molecule has 0 spiro atoms. The van der Waals surface area contributed by atoms with E-state index in [4.69, 9.17) is 16.3 Å². The van der Waals surface area contributed by atoms with Crippen molar-refractivity contribution in [2.75, 3.05) is 6.61 Å². The quantitative estimate of drug-likeness (QED) is 0.753. The summed E-state index contributed by atoms with van der Waals surface area (Å²) in [5.41, 5.74) is 1.63. The molecule has 7 heteroatoms. The molecule has 0 saturated carbocycles. The van der Waals surface area contributed by atoms with Crippen LogP contribution in [0.1, 0.15) is 17.4 Å². The summed E-state index contributed by atoms with van der Waals surface area (Å²) in [6, 6.07) is 3.70. The normalized spacial score (nSPS) is 10.9. The molecule has 3 rings (SSSR count). The number of esters is 1. The third-order valence-electron chi connectivity index (χ3n) is 2.77. The molecule has 0 fully saturated rings. The first-order chi connectivity index (χ1) is 9.69. The monoisotopic (exact) mass is 290 g/mol. The molecule has 3 aromatic rings. The molecule has 20 heavy (non-hydrogen) atoms. The molecule has 0 amide bonds. The maximum absolute atomic E-state index is 11.7. The highest BCUT2D eigenvalue weighted by Gasteiger charge is 2.15. The van der Waals surface area contributed by atoms with Crippen LogP contribution in [0, 0.1) is 0 Å². The maximum Gasteiger partial charge on any atom is 0.358 e. The molecule has 3 heterocycles. The number of halogens is 1. The van der Waals surface area contributed by atoms with E-state index in [1.165, 1.54) is 6.20 Å². The highest BCUT2D eigenvalue weighted by molar-refractivity contribution is 6.29. The molecule has 0 aliphatic rings. The van der Waals surface area contributed by atoms with Crippen molar-refractivity contribution in [2.24, 2.45) is 0 Å². The van der Waals surface area contributed by atoms with Crippen LogP contribution in [0.2, 0.25) is 5.15 Å². The van der Waals surface area contributed by atoms with Crippen LogP contribution in [-0.2, 0) is 4.74 Å². The zero-order chi connectivity index (χ0) is 14.1. The van der Waals surface area contributed by atoms with Crippen molar-refractivity contribution >= 4 is 23.2 Å². The van der Waals surface area contributed by atoms with Crippen LogP contribution < -0.4 is 0 Å². The predicted octanol–water partition coefficient (Wildman–Crippen LogP) is 2.55. The van der Waals surface area contributed by atoms with E-state index in [0.717, 1.165) is 5.56 Å². The minimum atomic E-state index is -0.445. The van der Waals surface area contributed by atoms with Crippen LogP contribution in [0.5, 0.6) is 0 Å². The summed E-state index contributed by atoms with van der Waals surface area (Å²) in [4.78, 5) is 23.1. The molecule has 1 N–H and O–H groups in total. The van der Waals surface area contributed by atoms with Gasteiger partial charge < -0.3 is 14.1 Å². The Morgan fingerprint density at radius 2 is 2.40 bits per heavy atom. The number of H-pyrrole nitrogens is 1. The number of aromatic amines is 1. The lowest BCUT2D eigenvalue weighted by Gasteiger charge is -1.99. The number of nitrogens with zero attached hydrogens (tertiary/aromatic N) is 3. The van der Waals surface area contributed by atoms with Gasteiger partial charge >= 0.3 is 5.97 Å². The molecule has 3 aromatic heterocycles.